The first-order valence-corrected chi connectivity index (χ1v) is 9.09. The summed E-state index contributed by atoms with van der Waals surface area (Å²) in [4.78, 5) is 17.0. The third-order valence-corrected chi connectivity index (χ3v) is 5.27. The molecule has 0 aliphatic carbocycles. The normalized spacial score (nSPS) is 14.9. The third kappa shape index (κ3) is 3.88. The van der Waals surface area contributed by atoms with Gasteiger partial charge in [0.2, 0.25) is 0 Å². The number of aromatic nitrogens is 2. The fourth-order valence-corrected chi connectivity index (χ4v) is 3.66. The quantitative estimate of drug-likeness (QED) is 0.821. The molecule has 1 aliphatic rings. The van der Waals surface area contributed by atoms with E-state index in [0.717, 1.165) is 19.6 Å². The minimum Gasteiger partial charge on any atom is -0.336 e. The molecule has 1 aliphatic heterocycles. The lowest BCUT2D eigenvalue weighted by Gasteiger charge is -2.22. The van der Waals surface area contributed by atoms with Crippen molar-refractivity contribution in [3.63, 3.8) is 0 Å². The first-order chi connectivity index (χ1) is 12.0. The molecule has 1 aromatic heterocycles. The molecule has 134 valence electrons. The van der Waals surface area contributed by atoms with Crippen molar-refractivity contribution in [1.29, 1.82) is 0 Å². The smallest absolute Gasteiger partial charge is 0.273 e. The van der Waals surface area contributed by atoms with Crippen molar-refractivity contribution in [2.24, 2.45) is 7.05 Å². The Hall–Kier alpha value is -1.85. The van der Waals surface area contributed by atoms with Gasteiger partial charge in [-0.3, -0.25) is 14.4 Å². The van der Waals surface area contributed by atoms with Gasteiger partial charge < -0.3 is 4.90 Å². The van der Waals surface area contributed by atoms with Crippen molar-refractivity contribution in [3.8, 4) is 0 Å². The van der Waals surface area contributed by atoms with Gasteiger partial charge in [0.15, 0.2) is 0 Å². The van der Waals surface area contributed by atoms with Gasteiger partial charge in [-0.05, 0) is 44.0 Å². The molecule has 1 saturated heterocycles. The van der Waals surface area contributed by atoms with Crippen LogP contribution in [0.15, 0.2) is 24.3 Å². The number of amides is 1. The summed E-state index contributed by atoms with van der Waals surface area (Å²) >= 11 is 6.26. The summed E-state index contributed by atoms with van der Waals surface area (Å²) in [5.74, 6) is -0.107. The standard InChI is InChI=1S/C19H25ClN4O/c1-14-17(20)18(23(3)21-14)19(25)22(2)12-15-8-4-5-9-16(15)13-24-10-6-7-11-24/h4-5,8-9H,6-7,10-13H2,1-3H3. The first kappa shape index (κ1) is 18.0. The summed E-state index contributed by atoms with van der Waals surface area (Å²) in [6.45, 7) is 5.64. The summed E-state index contributed by atoms with van der Waals surface area (Å²) in [5.41, 5.74) is 3.59. The Morgan fingerprint density at radius 3 is 2.48 bits per heavy atom. The number of nitrogens with zero attached hydrogens (tertiary/aromatic N) is 4. The number of hydrogen-bond donors (Lipinski definition) is 0. The highest BCUT2D eigenvalue weighted by Gasteiger charge is 2.23. The second kappa shape index (κ2) is 7.58. The molecular weight excluding hydrogens is 336 g/mol. The number of aryl methyl sites for hydroxylation is 2. The van der Waals surface area contributed by atoms with E-state index in [1.807, 2.05) is 20.0 Å². The number of rotatable bonds is 5. The molecule has 0 bridgehead atoms. The lowest BCUT2D eigenvalue weighted by atomic mass is 10.1. The molecule has 1 aromatic carbocycles. The molecular formula is C19H25ClN4O. The van der Waals surface area contributed by atoms with Gasteiger partial charge in [-0.25, -0.2) is 0 Å². The third-order valence-electron chi connectivity index (χ3n) is 4.82. The maximum Gasteiger partial charge on any atom is 0.273 e. The van der Waals surface area contributed by atoms with Crippen LogP contribution in [0.1, 0.15) is 40.2 Å². The van der Waals surface area contributed by atoms with Gasteiger partial charge >= 0.3 is 0 Å². The number of carbonyl (C=O) groups excluding carboxylic acids is 1. The average molecular weight is 361 g/mol. The zero-order chi connectivity index (χ0) is 18.0. The highest BCUT2D eigenvalue weighted by Crippen LogP contribution is 2.22. The summed E-state index contributed by atoms with van der Waals surface area (Å²) in [6, 6.07) is 8.36. The van der Waals surface area contributed by atoms with E-state index in [-0.39, 0.29) is 5.91 Å². The zero-order valence-corrected chi connectivity index (χ0v) is 15.9. The van der Waals surface area contributed by atoms with Crippen LogP contribution >= 0.6 is 11.6 Å². The molecule has 5 nitrogen and oxygen atoms in total. The summed E-state index contributed by atoms with van der Waals surface area (Å²) in [7, 11) is 3.56. The van der Waals surface area contributed by atoms with Gasteiger partial charge in [-0.2, -0.15) is 5.10 Å². The molecule has 0 saturated carbocycles. The lowest BCUT2D eigenvalue weighted by molar-refractivity contribution is 0.0774. The molecule has 25 heavy (non-hydrogen) atoms. The Morgan fingerprint density at radius 2 is 1.88 bits per heavy atom. The van der Waals surface area contributed by atoms with Crippen LogP contribution in [0.25, 0.3) is 0 Å². The first-order valence-electron chi connectivity index (χ1n) is 8.71. The molecule has 0 spiro atoms. The van der Waals surface area contributed by atoms with Crippen molar-refractivity contribution in [1.82, 2.24) is 19.6 Å². The molecule has 0 radical (unpaired) electrons. The van der Waals surface area contributed by atoms with E-state index in [0.29, 0.717) is 23.0 Å². The fourth-order valence-electron chi connectivity index (χ4n) is 3.42. The number of hydrogen-bond acceptors (Lipinski definition) is 3. The molecule has 1 fully saturated rings. The number of halogens is 1. The highest BCUT2D eigenvalue weighted by molar-refractivity contribution is 6.34. The predicted octanol–water partition coefficient (Wildman–Crippen LogP) is 3.25. The minimum atomic E-state index is -0.107. The Kier molecular flexibility index (Phi) is 5.45. The monoisotopic (exact) mass is 360 g/mol. The van der Waals surface area contributed by atoms with Crippen molar-refractivity contribution >= 4 is 17.5 Å². The van der Waals surface area contributed by atoms with E-state index in [4.69, 9.17) is 11.6 Å². The minimum absolute atomic E-state index is 0.107. The van der Waals surface area contributed by atoms with Crippen LogP contribution in [0.4, 0.5) is 0 Å². The Balaban J connectivity index is 1.76. The fraction of sp³-hybridized carbons (Fsp3) is 0.474. The Morgan fingerprint density at radius 1 is 1.24 bits per heavy atom. The Bertz CT molecular complexity index is 765. The molecule has 2 heterocycles. The van der Waals surface area contributed by atoms with E-state index in [2.05, 4.69) is 28.2 Å². The summed E-state index contributed by atoms with van der Waals surface area (Å²) < 4.78 is 1.56. The van der Waals surface area contributed by atoms with Crippen LogP contribution in [0, 0.1) is 6.92 Å². The van der Waals surface area contributed by atoms with E-state index in [1.165, 1.54) is 24.0 Å². The molecule has 0 N–H and O–H groups in total. The van der Waals surface area contributed by atoms with Gasteiger partial charge in [0.05, 0.1) is 10.7 Å². The zero-order valence-electron chi connectivity index (χ0n) is 15.1. The van der Waals surface area contributed by atoms with E-state index >= 15 is 0 Å². The van der Waals surface area contributed by atoms with Crippen LogP contribution in [-0.2, 0) is 20.1 Å². The second-order valence-electron chi connectivity index (χ2n) is 6.78. The summed E-state index contributed by atoms with van der Waals surface area (Å²) in [6.07, 6.45) is 2.55. The largest absolute Gasteiger partial charge is 0.336 e. The second-order valence-corrected chi connectivity index (χ2v) is 7.16. The molecule has 0 unspecified atom stereocenters. The van der Waals surface area contributed by atoms with E-state index in [1.54, 1.807) is 16.6 Å². The molecule has 3 rings (SSSR count). The SMILES string of the molecule is Cc1nn(C)c(C(=O)N(C)Cc2ccccc2CN2CCCC2)c1Cl. The predicted molar refractivity (Wildman–Crippen MR) is 99.7 cm³/mol. The number of carbonyl (C=O) groups is 1. The molecule has 0 atom stereocenters. The number of likely N-dealkylation sites (tertiary alicyclic amines) is 1. The van der Waals surface area contributed by atoms with Crippen LogP contribution in [0.3, 0.4) is 0 Å². The Labute approximate surface area is 154 Å². The van der Waals surface area contributed by atoms with Gasteiger partial charge in [-0.15, -0.1) is 0 Å². The van der Waals surface area contributed by atoms with Gasteiger partial charge in [0.25, 0.3) is 5.91 Å². The maximum atomic E-state index is 12.8. The van der Waals surface area contributed by atoms with Gasteiger partial charge in [0.1, 0.15) is 5.69 Å². The maximum absolute atomic E-state index is 12.8. The van der Waals surface area contributed by atoms with Gasteiger partial charge in [0, 0.05) is 27.2 Å². The molecule has 1 amide bonds. The topological polar surface area (TPSA) is 41.4 Å². The lowest BCUT2D eigenvalue weighted by Crippen LogP contribution is -2.29. The van der Waals surface area contributed by atoms with Crippen molar-refractivity contribution in [3.05, 3.63) is 51.8 Å². The van der Waals surface area contributed by atoms with E-state index in [9.17, 15) is 4.79 Å². The van der Waals surface area contributed by atoms with Crippen LogP contribution in [0.2, 0.25) is 5.02 Å². The summed E-state index contributed by atoms with van der Waals surface area (Å²) in [5, 5.41) is 4.67. The van der Waals surface area contributed by atoms with Crippen molar-refractivity contribution in [2.45, 2.75) is 32.9 Å². The molecule has 2 aromatic rings. The van der Waals surface area contributed by atoms with Crippen LogP contribution in [-0.4, -0.2) is 45.6 Å². The number of benzene rings is 1. The van der Waals surface area contributed by atoms with E-state index < -0.39 is 0 Å². The van der Waals surface area contributed by atoms with Crippen LogP contribution in [0.5, 0.6) is 0 Å². The van der Waals surface area contributed by atoms with Gasteiger partial charge in [-0.1, -0.05) is 35.9 Å². The van der Waals surface area contributed by atoms with Crippen molar-refractivity contribution in [2.75, 3.05) is 20.1 Å². The highest BCUT2D eigenvalue weighted by atomic mass is 35.5. The van der Waals surface area contributed by atoms with Crippen LogP contribution < -0.4 is 0 Å². The van der Waals surface area contributed by atoms with Crippen molar-refractivity contribution < 1.29 is 4.79 Å². The average Bonchev–Trinajstić information content (AvgIpc) is 3.17. The molecule has 6 heteroatoms.